The van der Waals surface area contributed by atoms with Crippen molar-refractivity contribution in [3.05, 3.63) is 134 Å². The topological polar surface area (TPSA) is 207 Å². The van der Waals surface area contributed by atoms with Gasteiger partial charge in [0.25, 0.3) is 0 Å². The van der Waals surface area contributed by atoms with E-state index in [9.17, 15) is 5.11 Å². The number of imidazole rings is 2. The number of rotatable bonds is 9. The fourth-order valence-electron chi connectivity index (χ4n) is 7.67. The zero-order chi connectivity index (χ0) is 43.8. The van der Waals surface area contributed by atoms with Crippen LogP contribution in [0.3, 0.4) is 0 Å². The molecule has 17 nitrogen and oxygen atoms in total. The van der Waals surface area contributed by atoms with E-state index >= 15 is 0 Å². The molecule has 0 radical (unpaired) electrons. The normalized spacial score (nSPS) is 13.0. The largest absolute Gasteiger partial charge is 0.495 e. The number of morpholine rings is 1. The number of hydrogen-bond donors (Lipinski definition) is 5. The summed E-state index contributed by atoms with van der Waals surface area (Å²) in [5.74, 6) is 2.36. The molecule has 10 aromatic rings. The van der Waals surface area contributed by atoms with E-state index in [0.717, 1.165) is 105 Å². The third-order valence-electron chi connectivity index (χ3n) is 11.0. The van der Waals surface area contributed by atoms with E-state index < -0.39 is 5.60 Å². The average Bonchev–Trinajstić information content (AvgIpc) is 4.11. The molecule has 0 aliphatic carbocycles. The molecule has 7 heterocycles. The van der Waals surface area contributed by atoms with Gasteiger partial charge in [-0.15, -0.1) is 0 Å². The van der Waals surface area contributed by atoms with E-state index in [1.54, 1.807) is 39.5 Å². The third kappa shape index (κ3) is 8.15. The Bertz CT molecular complexity index is 3280. The maximum absolute atomic E-state index is 10.2. The number of H-pyrrole nitrogens is 1. The van der Waals surface area contributed by atoms with Crippen molar-refractivity contribution in [1.82, 2.24) is 48.9 Å². The molecule has 11 rings (SSSR count). The van der Waals surface area contributed by atoms with Crippen LogP contribution >= 0.6 is 0 Å². The first-order chi connectivity index (χ1) is 31.1. The van der Waals surface area contributed by atoms with Gasteiger partial charge in [0.15, 0.2) is 22.9 Å². The van der Waals surface area contributed by atoms with Crippen molar-refractivity contribution < 1.29 is 14.6 Å². The molecule has 1 fully saturated rings. The zero-order valence-corrected chi connectivity index (χ0v) is 35.3. The zero-order valence-electron chi connectivity index (χ0n) is 35.3. The van der Waals surface area contributed by atoms with Crippen molar-refractivity contribution in [2.45, 2.75) is 19.4 Å². The smallest absolute Gasteiger partial charge is 0.220 e. The van der Waals surface area contributed by atoms with Gasteiger partial charge in [0, 0.05) is 95.8 Å². The Morgan fingerprint density at radius 2 is 1.39 bits per heavy atom. The minimum Gasteiger partial charge on any atom is -0.495 e. The second-order valence-corrected chi connectivity index (χ2v) is 15.8. The number of methoxy groups -OCH3 is 1. The number of anilines is 6. The first-order valence-corrected chi connectivity index (χ1v) is 20.7. The number of nitrogen functional groups attached to an aromatic ring is 1. The maximum atomic E-state index is 10.2. The molecule has 0 bridgehead atoms. The second-order valence-electron chi connectivity index (χ2n) is 15.8. The van der Waals surface area contributed by atoms with Crippen molar-refractivity contribution in [3.8, 4) is 28.3 Å². The lowest BCUT2D eigenvalue weighted by Crippen LogP contribution is -2.36. The number of aromatic amines is 1. The number of ether oxygens (including phenoxy) is 2. The molecule has 64 heavy (non-hydrogen) atoms. The third-order valence-corrected chi connectivity index (χ3v) is 11.0. The van der Waals surface area contributed by atoms with Gasteiger partial charge in [-0.2, -0.15) is 5.10 Å². The summed E-state index contributed by atoms with van der Waals surface area (Å²) in [4.78, 5) is 29.3. The van der Waals surface area contributed by atoms with Crippen LogP contribution < -0.4 is 26.0 Å². The number of nitrogens with one attached hydrogen (secondary N) is 3. The number of nitrogens with zero attached hydrogens (tertiary/aromatic N) is 10. The van der Waals surface area contributed by atoms with Crippen LogP contribution in [0.1, 0.15) is 19.4 Å². The van der Waals surface area contributed by atoms with E-state index in [4.69, 9.17) is 25.2 Å². The van der Waals surface area contributed by atoms with Gasteiger partial charge in [-0.1, -0.05) is 30.3 Å². The first kappa shape index (κ1) is 40.0. The lowest BCUT2D eigenvalue weighted by atomic mass is 9.98. The van der Waals surface area contributed by atoms with E-state index in [-0.39, 0.29) is 5.95 Å². The van der Waals surface area contributed by atoms with Crippen molar-refractivity contribution in [2.75, 3.05) is 54.7 Å². The van der Waals surface area contributed by atoms with Crippen LogP contribution in [-0.4, -0.2) is 87.4 Å². The molecule has 0 unspecified atom stereocenters. The highest BCUT2D eigenvalue weighted by molar-refractivity contribution is 5.86. The summed E-state index contributed by atoms with van der Waals surface area (Å²) in [6.07, 6.45) is 14.7. The van der Waals surface area contributed by atoms with Crippen molar-refractivity contribution in [3.63, 3.8) is 0 Å². The quantitative estimate of drug-likeness (QED) is 0.0942. The number of aromatic nitrogens is 10. The molecule has 320 valence electrons. The minimum atomic E-state index is -0.891. The van der Waals surface area contributed by atoms with Crippen LogP contribution in [0.15, 0.2) is 128 Å². The monoisotopic (exact) mass is 852 g/mol. The predicted octanol–water partition coefficient (Wildman–Crippen LogP) is 7.75. The molecule has 1 aliphatic rings. The van der Waals surface area contributed by atoms with Gasteiger partial charge >= 0.3 is 0 Å². The summed E-state index contributed by atoms with van der Waals surface area (Å²) in [5, 5.41) is 26.1. The van der Waals surface area contributed by atoms with Gasteiger partial charge in [-0.3, -0.25) is 5.10 Å². The summed E-state index contributed by atoms with van der Waals surface area (Å²) in [7, 11) is 1.69. The fourth-order valence-corrected chi connectivity index (χ4v) is 7.67. The molecule has 6 N–H and O–H groups in total. The lowest BCUT2D eigenvalue weighted by Gasteiger charge is -2.30. The molecule has 17 heteroatoms. The molecule has 0 amide bonds. The molecule has 4 aromatic carbocycles. The average molecular weight is 853 g/mol. The number of aliphatic hydroxyl groups is 1. The van der Waals surface area contributed by atoms with Crippen molar-refractivity contribution in [1.29, 1.82) is 0 Å². The Morgan fingerprint density at radius 3 is 2.08 bits per heavy atom. The summed E-state index contributed by atoms with van der Waals surface area (Å²) in [6.45, 7) is 6.67. The summed E-state index contributed by atoms with van der Waals surface area (Å²) in [6, 6.07) is 25.7. The van der Waals surface area contributed by atoms with E-state index in [1.165, 1.54) is 0 Å². The van der Waals surface area contributed by atoms with Crippen molar-refractivity contribution >= 4 is 67.7 Å². The molecular weight excluding hydrogens is 809 g/mol. The molecule has 0 saturated carbocycles. The molecule has 6 aromatic heterocycles. The maximum Gasteiger partial charge on any atom is 0.220 e. The van der Waals surface area contributed by atoms with E-state index in [1.807, 2.05) is 107 Å². The Kier molecular flexibility index (Phi) is 10.4. The highest BCUT2D eigenvalue weighted by Gasteiger charge is 2.19. The number of benzene rings is 4. The van der Waals surface area contributed by atoms with Gasteiger partial charge in [-0.05, 0) is 61.9 Å². The van der Waals surface area contributed by atoms with Crippen LogP contribution in [0.4, 0.5) is 34.6 Å². The van der Waals surface area contributed by atoms with Crippen LogP contribution in [0.5, 0.6) is 5.75 Å². The van der Waals surface area contributed by atoms with Gasteiger partial charge in [0.2, 0.25) is 5.95 Å². The predicted molar refractivity (Wildman–Crippen MR) is 248 cm³/mol. The van der Waals surface area contributed by atoms with Gasteiger partial charge in [0.05, 0.1) is 60.2 Å². The molecule has 0 spiro atoms. The summed E-state index contributed by atoms with van der Waals surface area (Å²) < 4.78 is 15.1. The highest BCUT2D eigenvalue weighted by atomic mass is 16.5. The lowest BCUT2D eigenvalue weighted by molar-refractivity contribution is 0.0786. The molecule has 1 aliphatic heterocycles. The Labute approximate surface area is 366 Å². The van der Waals surface area contributed by atoms with Gasteiger partial charge < -0.3 is 44.6 Å². The van der Waals surface area contributed by atoms with Crippen LogP contribution in [0.25, 0.3) is 55.6 Å². The number of fused-ring (bicyclic) bond motifs is 4. The SMILES string of the molecule is CC(C)(O)c1ccc(Nc2nc(-c3ccc4nc(N)ncc4c3)cn3ccnc23)cc1.COc1cc(Nc2nc(-c3ccc4cn[nH]c4c3)cn3ccnc23)ccc1N1CCOCC1. The van der Waals surface area contributed by atoms with Crippen LogP contribution in [-0.2, 0) is 10.3 Å². The standard InChI is InChI=1S/C24H23N7O2.C23H21N7O/c1-32-22-13-18(4-5-21(22)30-8-10-33-11-9-30)27-23-24-25-6-7-31(24)15-20(28-23)16-2-3-17-14-26-29-19(17)12-16;1-23(2,31)16-4-6-17(7-5-16)27-20-21-25-9-10-30(21)13-19(28-20)14-3-8-18-15(11-14)12-26-22(24)29-18/h2-7,12-15H,8-11H2,1H3,(H,26,29)(H,27,28);3-13,31H,1-2H3,(H,27,28)(H2,24,26,29). The first-order valence-electron chi connectivity index (χ1n) is 20.7. The summed E-state index contributed by atoms with van der Waals surface area (Å²) in [5.41, 5.74) is 15.2. The van der Waals surface area contributed by atoms with E-state index in [0.29, 0.717) is 17.3 Å². The Morgan fingerprint density at radius 1 is 0.734 bits per heavy atom. The molecule has 0 atom stereocenters. The summed E-state index contributed by atoms with van der Waals surface area (Å²) >= 11 is 0. The van der Waals surface area contributed by atoms with Crippen LogP contribution in [0, 0.1) is 0 Å². The Hall–Kier alpha value is -8.15. The Balaban J connectivity index is 0.000000152. The second kappa shape index (κ2) is 16.6. The minimum absolute atomic E-state index is 0.250. The number of nitrogens with two attached hydrogens (primary N) is 1. The van der Waals surface area contributed by atoms with E-state index in [2.05, 4.69) is 57.8 Å². The fraction of sp³-hybridized carbons (Fsp3) is 0.170. The molecular formula is C47H44N14O3. The molecule has 1 saturated heterocycles. The van der Waals surface area contributed by atoms with Crippen molar-refractivity contribution in [2.24, 2.45) is 0 Å². The van der Waals surface area contributed by atoms with Gasteiger partial charge in [0.1, 0.15) is 5.75 Å². The highest BCUT2D eigenvalue weighted by Crippen LogP contribution is 2.34. The van der Waals surface area contributed by atoms with Gasteiger partial charge in [-0.25, -0.2) is 29.9 Å². The van der Waals surface area contributed by atoms with Crippen LogP contribution in [0.2, 0.25) is 0 Å². The number of hydrogen-bond acceptors (Lipinski definition) is 14.